The molecule has 4 heteroatoms. The zero-order valence-electron chi connectivity index (χ0n) is 10.8. The van der Waals surface area contributed by atoms with Crippen molar-refractivity contribution >= 4 is 5.69 Å². The lowest BCUT2D eigenvalue weighted by molar-refractivity contribution is 0.414. The van der Waals surface area contributed by atoms with Gasteiger partial charge in [-0.3, -0.25) is 0 Å². The van der Waals surface area contributed by atoms with E-state index in [-0.39, 0.29) is 0 Å². The van der Waals surface area contributed by atoms with E-state index >= 15 is 0 Å². The van der Waals surface area contributed by atoms with E-state index in [1.807, 2.05) is 30.3 Å². The third-order valence-corrected chi connectivity index (χ3v) is 2.75. The van der Waals surface area contributed by atoms with Crippen LogP contribution in [0.15, 0.2) is 42.6 Å². The van der Waals surface area contributed by atoms with Gasteiger partial charge in [0.05, 0.1) is 19.0 Å². The average Bonchev–Trinajstić information content (AvgIpc) is 2.48. The molecule has 2 aromatic rings. The van der Waals surface area contributed by atoms with Crippen LogP contribution in [0.25, 0.3) is 0 Å². The van der Waals surface area contributed by atoms with Gasteiger partial charge >= 0.3 is 0 Å². The second-order valence-electron chi connectivity index (χ2n) is 4.07. The maximum Gasteiger partial charge on any atom is 0.140 e. The van der Waals surface area contributed by atoms with Crippen LogP contribution in [0.3, 0.4) is 0 Å². The van der Waals surface area contributed by atoms with Crippen molar-refractivity contribution in [1.82, 2.24) is 4.98 Å². The van der Waals surface area contributed by atoms with Crippen molar-refractivity contribution in [3.63, 3.8) is 0 Å². The van der Waals surface area contributed by atoms with Gasteiger partial charge in [0.25, 0.3) is 0 Å². The van der Waals surface area contributed by atoms with E-state index in [2.05, 4.69) is 16.4 Å². The number of rotatable bonds is 5. The van der Waals surface area contributed by atoms with E-state index in [1.54, 1.807) is 19.4 Å². The minimum atomic E-state index is 0.429. The third kappa shape index (κ3) is 3.71. The fourth-order valence-corrected chi connectivity index (χ4v) is 1.74. The molecular weight excluding hydrogens is 238 g/mol. The number of pyridine rings is 1. The number of nitriles is 1. The summed E-state index contributed by atoms with van der Waals surface area (Å²) < 4.78 is 5.18. The maximum atomic E-state index is 8.66. The molecule has 0 aliphatic rings. The zero-order chi connectivity index (χ0) is 13.5. The number of methoxy groups -OCH3 is 1. The molecule has 4 nitrogen and oxygen atoms in total. The summed E-state index contributed by atoms with van der Waals surface area (Å²) in [4.78, 5) is 4.01. The molecule has 19 heavy (non-hydrogen) atoms. The molecule has 1 aromatic heterocycles. The molecule has 1 aromatic carbocycles. The van der Waals surface area contributed by atoms with Crippen molar-refractivity contribution in [2.24, 2.45) is 0 Å². The second-order valence-corrected chi connectivity index (χ2v) is 4.07. The lowest BCUT2D eigenvalue weighted by atomic mass is 10.1. The van der Waals surface area contributed by atoms with Crippen LogP contribution >= 0.6 is 0 Å². The molecular formula is C15H15N3O. The largest absolute Gasteiger partial charge is 0.497 e. The standard InChI is InChI=1S/C15H15N3O/c1-19-15-4-2-3-12(9-15)7-8-17-14-6-5-13(10-16)18-11-14/h2-6,9,11,17H,7-8H2,1H3. The number of nitrogens with zero attached hydrogens (tertiary/aromatic N) is 2. The van der Waals surface area contributed by atoms with Crippen molar-refractivity contribution in [1.29, 1.82) is 5.26 Å². The molecule has 0 saturated heterocycles. The zero-order valence-corrected chi connectivity index (χ0v) is 10.8. The highest BCUT2D eigenvalue weighted by Gasteiger charge is 1.97. The van der Waals surface area contributed by atoms with Crippen LogP contribution in [0.5, 0.6) is 5.75 Å². The van der Waals surface area contributed by atoms with Crippen LogP contribution in [-0.4, -0.2) is 18.6 Å². The Balaban J connectivity index is 1.87. The van der Waals surface area contributed by atoms with Crippen LogP contribution in [0.1, 0.15) is 11.3 Å². The molecule has 0 spiro atoms. The fraction of sp³-hybridized carbons (Fsp3) is 0.200. The monoisotopic (exact) mass is 253 g/mol. The second kappa shape index (κ2) is 6.41. The Hall–Kier alpha value is -2.54. The number of nitrogens with one attached hydrogen (secondary N) is 1. The lowest BCUT2D eigenvalue weighted by Crippen LogP contribution is -2.05. The van der Waals surface area contributed by atoms with Gasteiger partial charge in [-0.25, -0.2) is 4.98 Å². The molecule has 0 unspecified atom stereocenters. The lowest BCUT2D eigenvalue weighted by Gasteiger charge is -2.07. The normalized spacial score (nSPS) is 9.68. The Kier molecular flexibility index (Phi) is 4.35. The van der Waals surface area contributed by atoms with Gasteiger partial charge in [0.15, 0.2) is 0 Å². The summed E-state index contributed by atoms with van der Waals surface area (Å²) in [5.41, 5.74) is 2.56. The summed E-state index contributed by atoms with van der Waals surface area (Å²) in [5.74, 6) is 0.873. The molecule has 96 valence electrons. The first kappa shape index (κ1) is 12.9. The number of hydrogen-bond acceptors (Lipinski definition) is 4. The van der Waals surface area contributed by atoms with E-state index in [0.717, 1.165) is 24.4 Å². The molecule has 0 aliphatic carbocycles. The maximum absolute atomic E-state index is 8.66. The van der Waals surface area contributed by atoms with Crippen LogP contribution in [0.2, 0.25) is 0 Å². The third-order valence-electron chi connectivity index (χ3n) is 2.75. The van der Waals surface area contributed by atoms with Crippen molar-refractivity contribution in [3.8, 4) is 11.8 Å². The minimum Gasteiger partial charge on any atom is -0.497 e. The van der Waals surface area contributed by atoms with Crippen molar-refractivity contribution in [3.05, 3.63) is 53.9 Å². The molecule has 0 radical (unpaired) electrons. The quantitative estimate of drug-likeness (QED) is 0.889. The summed E-state index contributed by atoms with van der Waals surface area (Å²) >= 11 is 0. The molecule has 2 rings (SSSR count). The fourth-order valence-electron chi connectivity index (χ4n) is 1.74. The van der Waals surface area contributed by atoms with E-state index in [4.69, 9.17) is 10.00 Å². The topological polar surface area (TPSA) is 57.9 Å². The van der Waals surface area contributed by atoms with Crippen LogP contribution in [0, 0.1) is 11.3 Å². The van der Waals surface area contributed by atoms with Crippen LogP contribution < -0.4 is 10.1 Å². The van der Waals surface area contributed by atoms with Gasteiger partial charge in [-0.05, 0) is 36.2 Å². The van der Waals surface area contributed by atoms with Gasteiger partial charge in [-0.2, -0.15) is 5.26 Å². The number of aromatic nitrogens is 1. The predicted octanol–water partition coefficient (Wildman–Crippen LogP) is 2.62. The minimum absolute atomic E-state index is 0.429. The molecule has 0 aliphatic heterocycles. The molecule has 1 N–H and O–H groups in total. The van der Waals surface area contributed by atoms with E-state index in [1.165, 1.54) is 5.56 Å². The smallest absolute Gasteiger partial charge is 0.140 e. The Bertz CT molecular complexity index is 573. The van der Waals surface area contributed by atoms with E-state index in [0.29, 0.717) is 5.69 Å². The molecule has 0 bridgehead atoms. The number of ether oxygens (including phenoxy) is 1. The number of benzene rings is 1. The van der Waals surface area contributed by atoms with Gasteiger partial charge in [0, 0.05) is 6.54 Å². The van der Waals surface area contributed by atoms with Gasteiger partial charge < -0.3 is 10.1 Å². The molecule has 0 atom stereocenters. The molecule has 0 saturated carbocycles. The Morgan fingerprint density at radius 2 is 2.21 bits per heavy atom. The van der Waals surface area contributed by atoms with Crippen molar-refractivity contribution in [2.45, 2.75) is 6.42 Å². The Labute approximate surface area is 112 Å². The van der Waals surface area contributed by atoms with E-state index < -0.39 is 0 Å². The summed E-state index contributed by atoms with van der Waals surface area (Å²) in [6, 6.07) is 13.6. The van der Waals surface area contributed by atoms with Gasteiger partial charge in [-0.1, -0.05) is 12.1 Å². The number of anilines is 1. The predicted molar refractivity (Wildman–Crippen MR) is 74.1 cm³/mol. The SMILES string of the molecule is COc1cccc(CCNc2ccc(C#N)nc2)c1. The molecule has 1 heterocycles. The highest BCUT2D eigenvalue weighted by molar-refractivity contribution is 5.42. The van der Waals surface area contributed by atoms with Crippen molar-refractivity contribution < 1.29 is 4.74 Å². The highest BCUT2D eigenvalue weighted by atomic mass is 16.5. The first-order valence-electron chi connectivity index (χ1n) is 6.05. The van der Waals surface area contributed by atoms with Crippen molar-refractivity contribution in [2.75, 3.05) is 19.0 Å². The van der Waals surface area contributed by atoms with E-state index in [9.17, 15) is 0 Å². The first-order valence-corrected chi connectivity index (χ1v) is 6.05. The van der Waals surface area contributed by atoms with Crippen LogP contribution in [-0.2, 0) is 6.42 Å². The van der Waals surface area contributed by atoms with Crippen LogP contribution in [0.4, 0.5) is 5.69 Å². The Morgan fingerprint density at radius 3 is 2.89 bits per heavy atom. The number of hydrogen-bond donors (Lipinski definition) is 1. The van der Waals surface area contributed by atoms with Gasteiger partial charge in [-0.15, -0.1) is 0 Å². The van der Waals surface area contributed by atoms with Gasteiger partial charge in [0.2, 0.25) is 0 Å². The molecule has 0 amide bonds. The summed E-state index contributed by atoms with van der Waals surface area (Å²) in [5, 5.41) is 11.9. The average molecular weight is 253 g/mol. The summed E-state index contributed by atoms with van der Waals surface area (Å²) in [7, 11) is 1.67. The highest BCUT2D eigenvalue weighted by Crippen LogP contribution is 2.13. The Morgan fingerprint density at radius 1 is 1.32 bits per heavy atom. The van der Waals surface area contributed by atoms with Gasteiger partial charge in [0.1, 0.15) is 17.5 Å². The summed E-state index contributed by atoms with van der Waals surface area (Å²) in [6.45, 7) is 0.806. The first-order chi connectivity index (χ1) is 9.31. The molecule has 0 fully saturated rings. The summed E-state index contributed by atoms with van der Waals surface area (Å²) in [6.07, 6.45) is 2.57.